The van der Waals surface area contributed by atoms with Crippen molar-refractivity contribution in [3.63, 3.8) is 0 Å². The number of hydrogen-bond donors (Lipinski definition) is 2. The molecule has 0 saturated heterocycles. The third kappa shape index (κ3) is 5.12. The van der Waals surface area contributed by atoms with Crippen LogP contribution in [0.15, 0.2) is 24.4 Å². The quantitative estimate of drug-likeness (QED) is 0.522. The van der Waals surface area contributed by atoms with Gasteiger partial charge in [-0.15, -0.1) is 0 Å². The van der Waals surface area contributed by atoms with Crippen LogP contribution in [0.25, 0.3) is 10.9 Å². The molecule has 0 aliphatic carbocycles. The van der Waals surface area contributed by atoms with Gasteiger partial charge < -0.3 is 14.8 Å². The smallest absolute Gasteiger partial charge is 0.157 e. The number of aromatic amines is 1. The van der Waals surface area contributed by atoms with Crippen LogP contribution in [0.5, 0.6) is 0 Å². The lowest BCUT2D eigenvalue weighted by Gasteiger charge is -2.16. The number of rotatable bonds is 10. The molecule has 2 N–H and O–H groups in total. The lowest BCUT2D eigenvalue weighted by molar-refractivity contribution is -0.139. The van der Waals surface area contributed by atoms with Crippen molar-refractivity contribution in [3.05, 3.63) is 30.0 Å². The van der Waals surface area contributed by atoms with Gasteiger partial charge in [0, 0.05) is 25.1 Å². The van der Waals surface area contributed by atoms with Crippen LogP contribution < -0.4 is 5.32 Å². The van der Waals surface area contributed by atoms with Crippen LogP contribution in [0.2, 0.25) is 0 Å². The second kappa shape index (κ2) is 8.77. The Bertz CT molecular complexity index is 521. The van der Waals surface area contributed by atoms with Gasteiger partial charge in [0.2, 0.25) is 0 Å². The number of aromatic nitrogens is 2. The predicted octanol–water partition coefficient (Wildman–Crippen LogP) is 2.83. The van der Waals surface area contributed by atoms with Crippen LogP contribution in [-0.2, 0) is 16.0 Å². The zero-order valence-electron chi connectivity index (χ0n) is 12.9. The second-order valence-corrected chi connectivity index (χ2v) is 4.95. The van der Waals surface area contributed by atoms with Gasteiger partial charge in [0.15, 0.2) is 6.29 Å². The zero-order chi connectivity index (χ0) is 14.9. The van der Waals surface area contributed by atoms with Crippen LogP contribution >= 0.6 is 0 Å². The van der Waals surface area contributed by atoms with E-state index in [4.69, 9.17) is 9.47 Å². The summed E-state index contributed by atoms with van der Waals surface area (Å²) in [6, 6.07) is 6.36. The maximum Gasteiger partial charge on any atom is 0.157 e. The van der Waals surface area contributed by atoms with Gasteiger partial charge in [0.1, 0.15) is 0 Å². The van der Waals surface area contributed by atoms with Crippen molar-refractivity contribution in [2.75, 3.05) is 19.8 Å². The molecule has 1 aromatic heterocycles. The Hall–Kier alpha value is -1.43. The molecule has 0 fully saturated rings. The second-order valence-electron chi connectivity index (χ2n) is 4.95. The van der Waals surface area contributed by atoms with Crippen molar-refractivity contribution >= 4 is 10.9 Å². The number of fused-ring (bicyclic) bond motifs is 1. The molecule has 0 radical (unpaired) electrons. The summed E-state index contributed by atoms with van der Waals surface area (Å²) in [6.45, 7) is 7.21. The van der Waals surface area contributed by atoms with E-state index in [2.05, 4.69) is 33.7 Å². The largest absolute Gasteiger partial charge is 0.353 e. The Morgan fingerprint density at radius 1 is 1.24 bits per heavy atom. The predicted molar refractivity (Wildman–Crippen MR) is 84.1 cm³/mol. The first-order valence-electron chi connectivity index (χ1n) is 7.69. The third-order valence-electron chi connectivity index (χ3n) is 3.33. The summed E-state index contributed by atoms with van der Waals surface area (Å²) in [6.07, 6.45) is 3.74. The molecule has 0 aliphatic rings. The fourth-order valence-corrected chi connectivity index (χ4v) is 2.31. The highest BCUT2D eigenvalue weighted by atomic mass is 16.7. The molecule has 116 valence electrons. The molecule has 0 bridgehead atoms. The summed E-state index contributed by atoms with van der Waals surface area (Å²) in [7, 11) is 0. The number of nitrogens with zero attached hydrogens (tertiary/aromatic N) is 1. The fraction of sp³-hybridized carbons (Fsp3) is 0.562. The average Bonchev–Trinajstić information content (AvgIpc) is 2.95. The summed E-state index contributed by atoms with van der Waals surface area (Å²) in [5.74, 6) is 0. The molecule has 2 aromatic rings. The first-order valence-corrected chi connectivity index (χ1v) is 7.69. The van der Waals surface area contributed by atoms with Gasteiger partial charge in [-0.05, 0) is 44.9 Å². The first kappa shape index (κ1) is 15.9. The number of benzene rings is 1. The van der Waals surface area contributed by atoms with Gasteiger partial charge in [-0.1, -0.05) is 12.1 Å². The molecule has 5 heteroatoms. The van der Waals surface area contributed by atoms with Crippen LogP contribution in [0.1, 0.15) is 32.3 Å². The molecule has 0 saturated carbocycles. The van der Waals surface area contributed by atoms with E-state index in [9.17, 15) is 0 Å². The lowest BCUT2D eigenvalue weighted by Crippen LogP contribution is -2.21. The number of hydrogen-bond acceptors (Lipinski definition) is 4. The van der Waals surface area contributed by atoms with E-state index in [0.717, 1.165) is 36.8 Å². The molecule has 0 spiro atoms. The summed E-state index contributed by atoms with van der Waals surface area (Å²) in [4.78, 5) is 0. The zero-order valence-corrected chi connectivity index (χ0v) is 12.9. The molecule has 0 aliphatic heterocycles. The Labute approximate surface area is 126 Å². The van der Waals surface area contributed by atoms with Crippen LogP contribution in [0.4, 0.5) is 0 Å². The van der Waals surface area contributed by atoms with Gasteiger partial charge in [-0.2, -0.15) is 5.10 Å². The Morgan fingerprint density at radius 2 is 2.05 bits per heavy atom. The van der Waals surface area contributed by atoms with Gasteiger partial charge in [-0.25, -0.2) is 0 Å². The molecular formula is C16H25N3O2. The number of H-pyrrole nitrogens is 1. The van der Waals surface area contributed by atoms with Crippen molar-refractivity contribution in [2.45, 2.75) is 39.5 Å². The van der Waals surface area contributed by atoms with Gasteiger partial charge in [0.05, 0.1) is 11.7 Å². The van der Waals surface area contributed by atoms with E-state index >= 15 is 0 Å². The van der Waals surface area contributed by atoms with Crippen molar-refractivity contribution < 1.29 is 9.47 Å². The van der Waals surface area contributed by atoms with Crippen LogP contribution in [-0.4, -0.2) is 36.2 Å². The van der Waals surface area contributed by atoms with Crippen LogP contribution in [0, 0.1) is 0 Å². The summed E-state index contributed by atoms with van der Waals surface area (Å²) >= 11 is 0. The Kier molecular flexibility index (Phi) is 6.66. The molecule has 0 amide bonds. The topological polar surface area (TPSA) is 59.2 Å². The minimum atomic E-state index is -0.0665. The van der Waals surface area contributed by atoms with E-state index < -0.39 is 0 Å². The highest BCUT2D eigenvalue weighted by Crippen LogP contribution is 2.12. The van der Waals surface area contributed by atoms with E-state index in [1.807, 2.05) is 20.0 Å². The normalized spacial score (nSPS) is 11.6. The average molecular weight is 291 g/mol. The number of nitrogens with one attached hydrogen (secondary N) is 2. The molecule has 1 aromatic carbocycles. The van der Waals surface area contributed by atoms with Crippen molar-refractivity contribution in [3.8, 4) is 0 Å². The SMILES string of the molecule is CCOC(CCCNCc1ccc2cn[nH]c2c1)OCC. The van der Waals surface area contributed by atoms with Gasteiger partial charge >= 0.3 is 0 Å². The van der Waals surface area contributed by atoms with E-state index in [1.165, 1.54) is 5.56 Å². The van der Waals surface area contributed by atoms with Gasteiger partial charge in [-0.3, -0.25) is 5.10 Å². The minimum absolute atomic E-state index is 0.0665. The summed E-state index contributed by atoms with van der Waals surface area (Å²) < 4.78 is 11.1. The monoisotopic (exact) mass is 291 g/mol. The Balaban J connectivity index is 1.66. The summed E-state index contributed by atoms with van der Waals surface area (Å²) in [5.41, 5.74) is 2.35. The molecule has 21 heavy (non-hydrogen) atoms. The van der Waals surface area contributed by atoms with Crippen molar-refractivity contribution in [2.24, 2.45) is 0 Å². The molecule has 0 unspecified atom stereocenters. The maximum atomic E-state index is 5.53. The lowest BCUT2D eigenvalue weighted by atomic mass is 10.1. The molecule has 0 atom stereocenters. The Morgan fingerprint density at radius 3 is 2.81 bits per heavy atom. The summed E-state index contributed by atoms with van der Waals surface area (Å²) in [5, 5.41) is 11.6. The van der Waals surface area contributed by atoms with Crippen molar-refractivity contribution in [1.29, 1.82) is 0 Å². The minimum Gasteiger partial charge on any atom is -0.353 e. The maximum absolute atomic E-state index is 5.53. The van der Waals surface area contributed by atoms with Gasteiger partial charge in [0.25, 0.3) is 0 Å². The molecular weight excluding hydrogens is 266 g/mol. The molecule has 5 nitrogen and oxygen atoms in total. The van der Waals surface area contributed by atoms with Crippen molar-refractivity contribution in [1.82, 2.24) is 15.5 Å². The highest BCUT2D eigenvalue weighted by Gasteiger charge is 2.06. The highest BCUT2D eigenvalue weighted by molar-refractivity contribution is 5.78. The standard InChI is InChI=1S/C16H25N3O2/c1-3-20-16(21-4-2)6-5-9-17-11-13-7-8-14-12-18-19-15(14)10-13/h7-8,10,12,16-17H,3-6,9,11H2,1-2H3,(H,18,19). The van der Waals surface area contributed by atoms with Crippen LogP contribution in [0.3, 0.4) is 0 Å². The molecule has 2 rings (SSSR count). The van der Waals surface area contributed by atoms with E-state index in [-0.39, 0.29) is 6.29 Å². The fourth-order valence-electron chi connectivity index (χ4n) is 2.31. The van der Waals surface area contributed by atoms with E-state index in [1.54, 1.807) is 0 Å². The van der Waals surface area contributed by atoms with E-state index in [0.29, 0.717) is 13.2 Å². The molecule has 1 heterocycles. The number of ether oxygens (including phenoxy) is 2. The first-order chi connectivity index (χ1) is 10.3. The third-order valence-corrected chi connectivity index (χ3v) is 3.33.